The van der Waals surface area contributed by atoms with Crippen LogP contribution >= 0.6 is 11.3 Å². The van der Waals surface area contributed by atoms with E-state index < -0.39 is 0 Å². The Kier molecular flexibility index (Phi) is 7.08. The minimum Gasteiger partial charge on any atom is -0.340 e. The molecule has 0 unspecified atom stereocenters. The zero-order chi connectivity index (χ0) is 29.6. The van der Waals surface area contributed by atoms with Gasteiger partial charge in [0.05, 0.1) is 36.4 Å². The van der Waals surface area contributed by atoms with Crippen LogP contribution in [0.15, 0.2) is 61.2 Å². The molecule has 5 heterocycles. The number of nitrogens with zero attached hydrogens (tertiary/aromatic N) is 8. The molecule has 1 aliphatic carbocycles. The number of halogens is 1. The number of nitrogens with one attached hydrogen (secondary N) is 1. The maximum atomic E-state index is 13.7. The van der Waals surface area contributed by atoms with E-state index in [9.17, 15) is 4.39 Å². The fourth-order valence-corrected chi connectivity index (χ4v) is 7.87. The van der Waals surface area contributed by atoms with Crippen LogP contribution in [-0.2, 0) is 25.9 Å². The first-order chi connectivity index (χ1) is 21.6. The second kappa shape index (κ2) is 11.4. The van der Waals surface area contributed by atoms with Crippen LogP contribution in [0.5, 0.6) is 0 Å². The maximum absolute atomic E-state index is 13.7. The molecule has 4 aromatic heterocycles. The fraction of sp³-hybridized carbons (Fsp3) is 0.333. The summed E-state index contributed by atoms with van der Waals surface area (Å²) in [6.07, 6.45) is 7.45. The average Bonchev–Trinajstić information content (AvgIpc) is 3.75. The smallest absolute Gasteiger partial charge is 0.142 e. The van der Waals surface area contributed by atoms with Gasteiger partial charge >= 0.3 is 0 Å². The molecule has 2 aromatic carbocycles. The molecule has 0 spiro atoms. The van der Waals surface area contributed by atoms with Crippen molar-refractivity contribution in [2.45, 2.75) is 32.9 Å². The highest BCUT2D eigenvalue weighted by Crippen LogP contribution is 2.45. The first-order valence-electron chi connectivity index (χ1n) is 15.4. The lowest BCUT2D eigenvalue weighted by Gasteiger charge is -2.34. The van der Waals surface area contributed by atoms with Crippen LogP contribution in [0.4, 0.5) is 15.9 Å². The summed E-state index contributed by atoms with van der Waals surface area (Å²) in [6, 6.07) is 12.8. The van der Waals surface area contributed by atoms with Crippen molar-refractivity contribution >= 4 is 44.0 Å². The zero-order valence-corrected chi connectivity index (χ0v) is 25.5. The summed E-state index contributed by atoms with van der Waals surface area (Å²) < 4.78 is 17.8. The third-order valence-corrected chi connectivity index (χ3v) is 10.2. The lowest BCUT2D eigenvalue weighted by Crippen LogP contribution is -2.47. The molecule has 1 aliphatic heterocycles. The highest BCUT2D eigenvalue weighted by molar-refractivity contribution is 7.22. The lowest BCUT2D eigenvalue weighted by atomic mass is 9.95. The molecular weight excluding hydrogens is 573 g/mol. The number of rotatable bonds is 8. The highest BCUT2D eigenvalue weighted by atomic mass is 32.1. The number of likely N-dealkylation sites (N-methyl/N-ethyl adjacent to an activating group) is 1. The Bertz CT molecular complexity index is 1970. The van der Waals surface area contributed by atoms with E-state index >= 15 is 0 Å². The Morgan fingerprint density at radius 3 is 2.64 bits per heavy atom. The van der Waals surface area contributed by atoms with Crippen LogP contribution in [0.25, 0.3) is 31.6 Å². The molecule has 1 fully saturated rings. The monoisotopic (exact) mass is 607 g/mol. The molecule has 44 heavy (non-hydrogen) atoms. The Morgan fingerprint density at radius 1 is 0.909 bits per heavy atom. The van der Waals surface area contributed by atoms with Gasteiger partial charge in [0.25, 0.3) is 0 Å². The number of thiophene rings is 1. The number of aromatic nitrogens is 6. The quantitative estimate of drug-likeness (QED) is 0.242. The van der Waals surface area contributed by atoms with Gasteiger partial charge in [0.1, 0.15) is 22.8 Å². The van der Waals surface area contributed by atoms with Crippen molar-refractivity contribution in [3.63, 3.8) is 0 Å². The average molecular weight is 608 g/mol. The summed E-state index contributed by atoms with van der Waals surface area (Å²) in [4.78, 5) is 16.7. The second-order valence-electron chi connectivity index (χ2n) is 11.6. The summed E-state index contributed by atoms with van der Waals surface area (Å²) in [5.41, 5.74) is 6.68. The van der Waals surface area contributed by atoms with Gasteiger partial charge < -0.3 is 10.2 Å². The maximum Gasteiger partial charge on any atom is 0.142 e. The van der Waals surface area contributed by atoms with Crippen molar-refractivity contribution in [3.05, 3.63) is 83.8 Å². The first-order valence-corrected chi connectivity index (χ1v) is 16.2. The molecule has 11 heteroatoms. The van der Waals surface area contributed by atoms with E-state index in [-0.39, 0.29) is 5.82 Å². The van der Waals surface area contributed by atoms with Gasteiger partial charge in [-0.2, -0.15) is 10.2 Å². The summed E-state index contributed by atoms with van der Waals surface area (Å²) in [6.45, 7) is 10.4. The molecule has 6 aromatic rings. The number of fused-ring (bicyclic) bond motifs is 6. The molecular formula is C33H34FN9S. The molecule has 8 rings (SSSR count). The third kappa shape index (κ3) is 5.04. The molecule has 0 bridgehead atoms. The number of benzene rings is 2. The summed E-state index contributed by atoms with van der Waals surface area (Å²) in [7, 11) is 0. The number of aryl methyl sites for hydroxylation is 1. The van der Waals surface area contributed by atoms with E-state index in [0.717, 1.165) is 96.8 Å². The van der Waals surface area contributed by atoms with Crippen molar-refractivity contribution in [2.75, 3.05) is 44.6 Å². The molecule has 1 saturated heterocycles. The Hall–Kier alpha value is -4.19. The highest BCUT2D eigenvalue weighted by Gasteiger charge is 2.27. The summed E-state index contributed by atoms with van der Waals surface area (Å²) in [5, 5.41) is 15.1. The van der Waals surface area contributed by atoms with E-state index in [1.165, 1.54) is 27.8 Å². The van der Waals surface area contributed by atoms with Crippen molar-refractivity contribution < 1.29 is 4.39 Å². The van der Waals surface area contributed by atoms with Crippen LogP contribution in [0.2, 0.25) is 0 Å². The van der Waals surface area contributed by atoms with E-state index in [2.05, 4.69) is 53.9 Å². The predicted octanol–water partition coefficient (Wildman–Crippen LogP) is 5.57. The molecule has 224 valence electrons. The molecule has 0 atom stereocenters. The number of hydrogen-bond donors (Lipinski definition) is 1. The minimum absolute atomic E-state index is 0.237. The predicted molar refractivity (Wildman–Crippen MR) is 173 cm³/mol. The second-order valence-corrected chi connectivity index (χ2v) is 12.6. The van der Waals surface area contributed by atoms with E-state index in [0.29, 0.717) is 6.54 Å². The van der Waals surface area contributed by atoms with Gasteiger partial charge in [-0.1, -0.05) is 19.1 Å². The van der Waals surface area contributed by atoms with Gasteiger partial charge in [0.2, 0.25) is 0 Å². The molecule has 0 saturated carbocycles. The minimum atomic E-state index is -0.237. The number of hydrogen-bond acceptors (Lipinski definition) is 8. The molecule has 2 aliphatic rings. The number of anilines is 2. The SMILES string of the molecule is CCN1CCN(CCn2ncc3c2CCc2c-3sc3ncnc(Nc4ccc5c(cnn5Cc5cccc(F)c5)c4)c23)CC1. The zero-order valence-electron chi connectivity index (χ0n) is 24.7. The normalized spacial score (nSPS) is 15.6. The van der Waals surface area contributed by atoms with Gasteiger partial charge in [-0.25, -0.2) is 14.4 Å². The van der Waals surface area contributed by atoms with Crippen LogP contribution in [0.3, 0.4) is 0 Å². The molecule has 1 N–H and O–H groups in total. The fourth-order valence-electron chi connectivity index (χ4n) is 6.64. The van der Waals surface area contributed by atoms with E-state index in [1.54, 1.807) is 29.8 Å². The van der Waals surface area contributed by atoms with E-state index in [1.807, 2.05) is 29.2 Å². The Balaban J connectivity index is 1.03. The van der Waals surface area contributed by atoms with Gasteiger partial charge in [0, 0.05) is 59.9 Å². The van der Waals surface area contributed by atoms with Crippen LogP contribution in [0.1, 0.15) is 23.7 Å². The van der Waals surface area contributed by atoms with Gasteiger partial charge in [0.15, 0.2) is 0 Å². The van der Waals surface area contributed by atoms with Crippen molar-refractivity contribution in [1.29, 1.82) is 0 Å². The number of piperazine rings is 1. The lowest BCUT2D eigenvalue weighted by molar-refractivity contribution is 0.132. The largest absolute Gasteiger partial charge is 0.340 e. The van der Waals surface area contributed by atoms with Crippen molar-refractivity contribution in [1.82, 2.24) is 39.3 Å². The third-order valence-electron chi connectivity index (χ3n) is 9.06. The Labute approximate surface area is 258 Å². The van der Waals surface area contributed by atoms with Crippen LogP contribution in [-0.4, -0.2) is 78.6 Å². The summed E-state index contributed by atoms with van der Waals surface area (Å²) in [5.74, 6) is 0.583. The van der Waals surface area contributed by atoms with E-state index in [4.69, 9.17) is 5.10 Å². The topological polar surface area (TPSA) is 79.9 Å². The van der Waals surface area contributed by atoms with Gasteiger partial charge in [-0.3, -0.25) is 14.3 Å². The van der Waals surface area contributed by atoms with Crippen LogP contribution < -0.4 is 5.32 Å². The standard InChI is InChI=1S/C33H34FN9S/c1-2-40-10-12-41(13-11-40)14-15-42-29-9-7-26-30-32(35-21-36-33(30)44-31(26)27(29)19-38-42)39-25-6-8-28-23(17-25)18-37-43(28)20-22-4-3-5-24(34)16-22/h3-6,8,16-19,21H,2,7,9-15,20H2,1H3,(H,35,36,39). The Morgan fingerprint density at radius 2 is 1.77 bits per heavy atom. The van der Waals surface area contributed by atoms with Crippen molar-refractivity contribution in [2.24, 2.45) is 0 Å². The first kappa shape index (κ1) is 27.4. The summed E-state index contributed by atoms with van der Waals surface area (Å²) >= 11 is 1.74. The van der Waals surface area contributed by atoms with Crippen molar-refractivity contribution in [3.8, 4) is 10.4 Å². The van der Waals surface area contributed by atoms with Gasteiger partial charge in [-0.15, -0.1) is 11.3 Å². The molecule has 0 amide bonds. The molecule has 9 nitrogen and oxygen atoms in total. The van der Waals surface area contributed by atoms with Gasteiger partial charge in [-0.05, 0) is 60.8 Å². The van der Waals surface area contributed by atoms with Crippen LogP contribution in [0, 0.1) is 5.82 Å². The molecule has 0 radical (unpaired) electrons.